The second kappa shape index (κ2) is 6.00. The van der Waals surface area contributed by atoms with Gasteiger partial charge in [0.1, 0.15) is 0 Å². The minimum Gasteiger partial charge on any atom is -0.481 e. The SMILES string of the molecule is CC(C)[C@@H](CO)NC(=O)[C@@H]1CC[C@H](C(=O)O)C1. The largest absolute Gasteiger partial charge is 0.481 e. The first-order valence-corrected chi connectivity index (χ1v) is 6.09. The molecule has 5 heteroatoms. The van der Waals surface area contributed by atoms with Crippen LogP contribution in [0.2, 0.25) is 0 Å². The summed E-state index contributed by atoms with van der Waals surface area (Å²) in [6.07, 6.45) is 1.61. The van der Waals surface area contributed by atoms with E-state index in [0.717, 1.165) is 0 Å². The van der Waals surface area contributed by atoms with Crippen LogP contribution in [0.1, 0.15) is 33.1 Å². The predicted molar refractivity (Wildman–Crippen MR) is 62.3 cm³/mol. The van der Waals surface area contributed by atoms with Crippen molar-refractivity contribution in [1.29, 1.82) is 0 Å². The molecule has 0 bridgehead atoms. The molecule has 0 heterocycles. The molecule has 3 atom stereocenters. The van der Waals surface area contributed by atoms with Gasteiger partial charge in [0.25, 0.3) is 0 Å². The highest BCUT2D eigenvalue weighted by molar-refractivity contribution is 5.81. The summed E-state index contributed by atoms with van der Waals surface area (Å²) in [5, 5.41) is 20.8. The highest BCUT2D eigenvalue weighted by Crippen LogP contribution is 2.31. The number of carbonyl (C=O) groups excluding carboxylic acids is 1. The first-order valence-electron chi connectivity index (χ1n) is 6.09. The Labute approximate surface area is 101 Å². The molecule has 0 unspecified atom stereocenters. The summed E-state index contributed by atoms with van der Waals surface area (Å²) < 4.78 is 0. The fraction of sp³-hybridized carbons (Fsp3) is 0.833. The van der Waals surface area contributed by atoms with Crippen LogP contribution in [-0.4, -0.2) is 34.7 Å². The number of hydrogen-bond donors (Lipinski definition) is 3. The molecule has 1 fully saturated rings. The van der Waals surface area contributed by atoms with E-state index in [0.29, 0.717) is 19.3 Å². The first kappa shape index (κ1) is 14.0. The van der Waals surface area contributed by atoms with E-state index in [1.807, 2.05) is 13.8 Å². The van der Waals surface area contributed by atoms with Gasteiger partial charge in [-0.1, -0.05) is 13.8 Å². The van der Waals surface area contributed by atoms with E-state index in [1.165, 1.54) is 0 Å². The molecule has 17 heavy (non-hydrogen) atoms. The summed E-state index contributed by atoms with van der Waals surface area (Å²) >= 11 is 0. The molecule has 0 aliphatic heterocycles. The Hall–Kier alpha value is -1.10. The van der Waals surface area contributed by atoms with Gasteiger partial charge in [0, 0.05) is 5.92 Å². The van der Waals surface area contributed by atoms with Gasteiger partial charge >= 0.3 is 5.97 Å². The topological polar surface area (TPSA) is 86.6 Å². The van der Waals surface area contributed by atoms with Crippen LogP contribution in [-0.2, 0) is 9.59 Å². The number of rotatable bonds is 5. The smallest absolute Gasteiger partial charge is 0.306 e. The highest BCUT2D eigenvalue weighted by Gasteiger charge is 2.34. The molecule has 0 aromatic carbocycles. The van der Waals surface area contributed by atoms with E-state index in [9.17, 15) is 9.59 Å². The first-order chi connectivity index (χ1) is 7.95. The quantitative estimate of drug-likeness (QED) is 0.660. The third-order valence-electron chi connectivity index (χ3n) is 3.48. The number of amides is 1. The van der Waals surface area contributed by atoms with E-state index in [-0.39, 0.29) is 30.4 Å². The van der Waals surface area contributed by atoms with Crippen molar-refractivity contribution < 1.29 is 19.8 Å². The van der Waals surface area contributed by atoms with E-state index >= 15 is 0 Å². The Kier molecular flexibility index (Phi) is 4.93. The van der Waals surface area contributed by atoms with Crippen LogP contribution in [0.3, 0.4) is 0 Å². The summed E-state index contributed by atoms with van der Waals surface area (Å²) in [5.74, 6) is -1.38. The van der Waals surface area contributed by atoms with Gasteiger partial charge in [0.15, 0.2) is 0 Å². The molecule has 0 saturated heterocycles. The molecule has 1 aliphatic rings. The van der Waals surface area contributed by atoms with Crippen LogP contribution in [0.4, 0.5) is 0 Å². The lowest BCUT2D eigenvalue weighted by Gasteiger charge is -2.22. The van der Waals surface area contributed by atoms with Crippen molar-refractivity contribution in [2.24, 2.45) is 17.8 Å². The number of aliphatic hydroxyl groups excluding tert-OH is 1. The van der Waals surface area contributed by atoms with Crippen LogP contribution < -0.4 is 5.32 Å². The monoisotopic (exact) mass is 243 g/mol. The molecule has 0 radical (unpaired) electrons. The standard InChI is InChI=1S/C12H21NO4/c1-7(2)10(6-14)13-11(15)8-3-4-9(5-8)12(16)17/h7-10,14H,3-6H2,1-2H3,(H,13,15)(H,16,17)/t8-,9+,10-/m1/s1. The van der Waals surface area contributed by atoms with Crippen LogP contribution in [0.15, 0.2) is 0 Å². The zero-order chi connectivity index (χ0) is 13.0. The van der Waals surface area contributed by atoms with Gasteiger partial charge in [-0.3, -0.25) is 9.59 Å². The molecule has 0 aromatic rings. The molecule has 1 saturated carbocycles. The summed E-state index contributed by atoms with van der Waals surface area (Å²) in [4.78, 5) is 22.7. The van der Waals surface area contributed by atoms with Gasteiger partial charge in [0.2, 0.25) is 5.91 Å². The van der Waals surface area contributed by atoms with Crippen molar-refractivity contribution in [2.75, 3.05) is 6.61 Å². The minimum atomic E-state index is -0.817. The average molecular weight is 243 g/mol. The van der Waals surface area contributed by atoms with E-state index < -0.39 is 11.9 Å². The molecule has 0 aromatic heterocycles. The zero-order valence-corrected chi connectivity index (χ0v) is 10.3. The van der Waals surface area contributed by atoms with E-state index in [4.69, 9.17) is 10.2 Å². The number of carboxylic acids is 1. The number of nitrogens with one attached hydrogen (secondary N) is 1. The zero-order valence-electron chi connectivity index (χ0n) is 10.3. The van der Waals surface area contributed by atoms with Crippen molar-refractivity contribution in [3.8, 4) is 0 Å². The van der Waals surface area contributed by atoms with Crippen molar-refractivity contribution in [2.45, 2.75) is 39.2 Å². The molecule has 0 spiro atoms. The van der Waals surface area contributed by atoms with Crippen LogP contribution in [0.25, 0.3) is 0 Å². The lowest BCUT2D eigenvalue weighted by atomic mass is 10.0. The molecule has 98 valence electrons. The Bertz CT molecular complexity index is 290. The second-order valence-electron chi connectivity index (χ2n) is 5.09. The Morgan fingerprint density at radius 2 is 1.88 bits per heavy atom. The summed E-state index contributed by atoms with van der Waals surface area (Å²) in [6, 6.07) is -0.244. The summed E-state index contributed by atoms with van der Waals surface area (Å²) in [5.41, 5.74) is 0. The Morgan fingerprint density at radius 1 is 1.29 bits per heavy atom. The molecular formula is C12H21NO4. The van der Waals surface area contributed by atoms with Gasteiger partial charge in [-0.05, 0) is 25.2 Å². The van der Waals surface area contributed by atoms with Crippen molar-refractivity contribution in [3.63, 3.8) is 0 Å². The van der Waals surface area contributed by atoms with Crippen LogP contribution in [0, 0.1) is 17.8 Å². The number of aliphatic hydroxyl groups is 1. The maximum Gasteiger partial charge on any atom is 0.306 e. The number of aliphatic carboxylic acids is 1. The molecule has 1 rings (SSSR count). The highest BCUT2D eigenvalue weighted by atomic mass is 16.4. The van der Waals surface area contributed by atoms with Gasteiger partial charge in [0.05, 0.1) is 18.6 Å². The van der Waals surface area contributed by atoms with Crippen LogP contribution >= 0.6 is 0 Å². The summed E-state index contributed by atoms with van der Waals surface area (Å²) in [6.45, 7) is 3.77. The fourth-order valence-electron chi connectivity index (χ4n) is 2.17. The maximum atomic E-state index is 11.9. The van der Waals surface area contributed by atoms with Gasteiger partial charge in [-0.15, -0.1) is 0 Å². The van der Waals surface area contributed by atoms with Crippen molar-refractivity contribution in [1.82, 2.24) is 5.32 Å². The summed E-state index contributed by atoms with van der Waals surface area (Å²) in [7, 11) is 0. The lowest BCUT2D eigenvalue weighted by molar-refractivity contribution is -0.141. The molecule has 3 N–H and O–H groups in total. The number of carbonyl (C=O) groups is 2. The van der Waals surface area contributed by atoms with Gasteiger partial charge in [-0.25, -0.2) is 0 Å². The van der Waals surface area contributed by atoms with Crippen molar-refractivity contribution in [3.05, 3.63) is 0 Å². The van der Waals surface area contributed by atoms with E-state index in [1.54, 1.807) is 0 Å². The normalized spacial score (nSPS) is 25.9. The number of hydrogen-bond acceptors (Lipinski definition) is 3. The third-order valence-corrected chi connectivity index (χ3v) is 3.48. The molecular weight excluding hydrogens is 222 g/mol. The Balaban J connectivity index is 2.46. The fourth-order valence-corrected chi connectivity index (χ4v) is 2.17. The van der Waals surface area contributed by atoms with Crippen LogP contribution in [0.5, 0.6) is 0 Å². The maximum absolute atomic E-state index is 11.9. The van der Waals surface area contributed by atoms with E-state index in [2.05, 4.69) is 5.32 Å². The lowest BCUT2D eigenvalue weighted by Crippen LogP contribution is -2.43. The molecule has 5 nitrogen and oxygen atoms in total. The van der Waals surface area contributed by atoms with Gasteiger partial charge < -0.3 is 15.5 Å². The molecule has 1 aliphatic carbocycles. The average Bonchev–Trinajstić information content (AvgIpc) is 2.74. The minimum absolute atomic E-state index is 0.0848. The third kappa shape index (κ3) is 3.70. The Morgan fingerprint density at radius 3 is 2.29 bits per heavy atom. The number of carboxylic acid groups (broad SMARTS) is 1. The van der Waals surface area contributed by atoms with Crippen molar-refractivity contribution >= 4 is 11.9 Å². The molecule has 1 amide bonds. The predicted octanol–water partition coefficient (Wildman–Crippen LogP) is 0.620. The second-order valence-corrected chi connectivity index (χ2v) is 5.09. The van der Waals surface area contributed by atoms with Gasteiger partial charge in [-0.2, -0.15) is 0 Å².